The molecule has 19 heavy (non-hydrogen) atoms. The normalized spacial score (nSPS) is 12.9. The van der Waals surface area contributed by atoms with Crippen LogP contribution in [0.4, 0.5) is 4.39 Å². The van der Waals surface area contributed by atoms with Crippen LogP contribution >= 0.6 is 15.9 Å². The zero-order valence-electron chi connectivity index (χ0n) is 10.6. The van der Waals surface area contributed by atoms with E-state index in [2.05, 4.69) is 15.9 Å². The Kier molecular flexibility index (Phi) is 4.74. The van der Waals surface area contributed by atoms with E-state index in [0.29, 0.717) is 18.7 Å². The second-order valence-corrected chi connectivity index (χ2v) is 5.33. The molecule has 0 saturated heterocycles. The number of hydrogen-bond acceptors (Lipinski definition) is 3. The summed E-state index contributed by atoms with van der Waals surface area (Å²) in [4.78, 5) is 1.98. The van der Waals surface area contributed by atoms with E-state index in [-0.39, 0.29) is 11.9 Å². The molecule has 1 heterocycles. The fourth-order valence-corrected chi connectivity index (χ4v) is 2.41. The monoisotopic (exact) mass is 326 g/mol. The first-order valence-corrected chi connectivity index (χ1v) is 6.78. The molecular formula is C14H16BrFN2O. The van der Waals surface area contributed by atoms with Gasteiger partial charge in [-0.3, -0.25) is 4.90 Å². The van der Waals surface area contributed by atoms with Gasteiger partial charge in [0.1, 0.15) is 11.6 Å². The molecule has 0 aliphatic carbocycles. The third-order valence-corrected chi connectivity index (χ3v) is 3.56. The zero-order chi connectivity index (χ0) is 13.8. The topological polar surface area (TPSA) is 42.4 Å². The summed E-state index contributed by atoms with van der Waals surface area (Å²) < 4.78 is 20.0. The Balaban J connectivity index is 2.18. The summed E-state index contributed by atoms with van der Waals surface area (Å²) in [5.41, 5.74) is 6.39. The number of furan rings is 1. The van der Waals surface area contributed by atoms with E-state index < -0.39 is 0 Å². The summed E-state index contributed by atoms with van der Waals surface area (Å²) in [6, 6.07) is 8.58. The van der Waals surface area contributed by atoms with Crippen LogP contribution in [0.15, 0.2) is 45.5 Å². The Bertz CT molecular complexity index is 530. The number of likely N-dealkylation sites (N-methyl/N-ethyl adjacent to an activating group) is 1. The van der Waals surface area contributed by atoms with Crippen molar-refractivity contribution in [1.82, 2.24) is 4.90 Å². The molecule has 1 aromatic carbocycles. The molecule has 1 unspecified atom stereocenters. The van der Waals surface area contributed by atoms with Crippen molar-refractivity contribution in [3.05, 3.63) is 58.2 Å². The van der Waals surface area contributed by atoms with Crippen LogP contribution in [0, 0.1) is 5.82 Å². The highest BCUT2D eigenvalue weighted by molar-refractivity contribution is 9.10. The van der Waals surface area contributed by atoms with Gasteiger partial charge in [0.15, 0.2) is 0 Å². The molecule has 0 aliphatic heterocycles. The minimum atomic E-state index is -0.254. The van der Waals surface area contributed by atoms with Gasteiger partial charge in [-0.1, -0.05) is 22.0 Å². The largest absolute Gasteiger partial charge is 0.468 e. The molecule has 0 bridgehead atoms. The molecule has 1 atom stereocenters. The Hall–Kier alpha value is -1.17. The number of nitrogens with two attached hydrogens (primary N) is 1. The van der Waals surface area contributed by atoms with Crippen molar-refractivity contribution in [2.24, 2.45) is 5.73 Å². The van der Waals surface area contributed by atoms with Crippen LogP contribution in [0.3, 0.4) is 0 Å². The lowest BCUT2D eigenvalue weighted by Gasteiger charge is -2.26. The van der Waals surface area contributed by atoms with Gasteiger partial charge in [0.05, 0.1) is 18.8 Å². The maximum atomic E-state index is 14.0. The van der Waals surface area contributed by atoms with Gasteiger partial charge in [-0.15, -0.1) is 0 Å². The Labute approximate surface area is 120 Å². The molecule has 3 nitrogen and oxygen atoms in total. The van der Waals surface area contributed by atoms with Crippen LogP contribution in [0.25, 0.3) is 0 Å². The molecule has 1 aromatic heterocycles. The average molecular weight is 327 g/mol. The van der Waals surface area contributed by atoms with Crippen molar-refractivity contribution in [2.75, 3.05) is 13.6 Å². The minimum Gasteiger partial charge on any atom is -0.468 e. The van der Waals surface area contributed by atoms with E-state index in [0.717, 1.165) is 10.2 Å². The van der Waals surface area contributed by atoms with Crippen molar-refractivity contribution in [1.29, 1.82) is 0 Å². The van der Waals surface area contributed by atoms with Gasteiger partial charge in [-0.25, -0.2) is 4.39 Å². The van der Waals surface area contributed by atoms with Gasteiger partial charge in [0, 0.05) is 16.6 Å². The summed E-state index contributed by atoms with van der Waals surface area (Å²) in [5, 5.41) is 0. The van der Waals surface area contributed by atoms with Gasteiger partial charge >= 0.3 is 0 Å². The Morgan fingerprint density at radius 1 is 1.42 bits per heavy atom. The molecule has 5 heteroatoms. The first kappa shape index (κ1) is 14.2. The van der Waals surface area contributed by atoms with Gasteiger partial charge in [0.2, 0.25) is 0 Å². The fraction of sp³-hybridized carbons (Fsp3) is 0.286. The van der Waals surface area contributed by atoms with Crippen molar-refractivity contribution in [3.8, 4) is 0 Å². The van der Waals surface area contributed by atoms with E-state index in [1.54, 1.807) is 12.3 Å². The van der Waals surface area contributed by atoms with Crippen LogP contribution in [-0.4, -0.2) is 18.5 Å². The predicted molar refractivity (Wildman–Crippen MR) is 76.1 cm³/mol. The van der Waals surface area contributed by atoms with Crippen LogP contribution in [-0.2, 0) is 6.54 Å². The molecule has 0 fully saturated rings. The highest BCUT2D eigenvalue weighted by Gasteiger charge is 2.20. The molecule has 0 spiro atoms. The van der Waals surface area contributed by atoms with Gasteiger partial charge in [-0.05, 0) is 31.3 Å². The highest BCUT2D eigenvalue weighted by atomic mass is 79.9. The number of hydrogen-bond donors (Lipinski definition) is 1. The van der Waals surface area contributed by atoms with E-state index in [9.17, 15) is 4.39 Å². The maximum Gasteiger partial charge on any atom is 0.129 e. The summed E-state index contributed by atoms with van der Waals surface area (Å²) in [5.74, 6) is 0.578. The number of nitrogens with zero attached hydrogens (tertiary/aromatic N) is 1. The molecule has 2 aromatic rings. The first-order chi connectivity index (χ1) is 9.11. The van der Waals surface area contributed by atoms with Crippen molar-refractivity contribution in [3.63, 3.8) is 0 Å². The van der Waals surface area contributed by atoms with Crippen molar-refractivity contribution in [2.45, 2.75) is 12.6 Å². The lowest BCUT2D eigenvalue weighted by Crippen LogP contribution is -2.30. The third kappa shape index (κ3) is 3.43. The molecule has 0 amide bonds. The van der Waals surface area contributed by atoms with Crippen LogP contribution in [0.5, 0.6) is 0 Å². The lowest BCUT2D eigenvalue weighted by atomic mass is 10.0. The zero-order valence-corrected chi connectivity index (χ0v) is 12.2. The van der Waals surface area contributed by atoms with E-state index in [1.165, 1.54) is 6.07 Å². The average Bonchev–Trinajstić information content (AvgIpc) is 2.85. The molecule has 102 valence electrons. The number of halogens is 2. The SMILES string of the molecule is CN(Cc1ccco1)C(CN)c1ccc(Br)cc1F. The van der Waals surface area contributed by atoms with Gasteiger partial charge in [-0.2, -0.15) is 0 Å². The Morgan fingerprint density at radius 2 is 2.21 bits per heavy atom. The van der Waals surface area contributed by atoms with Crippen LogP contribution in [0.2, 0.25) is 0 Å². The summed E-state index contributed by atoms with van der Waals surface area (Å²) in [6.07, 6.45) is 1.63. The smallest absolute Gasteiger partial charge is 0.129 e. The van der Waals surface area contributed by atoms with Gasteiger partial charge < -0.3 is 10.2 Å². The standard InChI is InChI=1S/C14H16BrFN2O/c1-18(9-11-3-2-6-19-11)14(8-17)12-5-4-10(15)7-13(12)16/h2-7,14H,8-9,17H2,1H3. The molecule has 0 aliphatic rings. The lowest BCUT2D eigenvalue weighted by molar-refractivity contribution is 0.218. The predicted octanol–water partition coefficient (Wildman–Crippen LogP) is 3.31. The van der Waals surface area contributed by atoms with Crippen molar-refractivity contribution >= 4 is 15.9 Å². The summed E-state index contributed by atoms with van der Waals surface area (Å²) >= 11 is 3.25. The number of benzene rings is 1. The maximum absolute atomic E-state index is 14.0. The third-order valence-electron chi connectivity index (χ3n) is 3.06. The van der Waals surface area contributed by atoms with E-state index in [1.807, 2.05) is 30.1 Å². The van der Waals surface area contributed by atoms with E-state index >= 15 is 0 Å². The molecular weight excluding hydrogens is 311 g/mol. The quantitative estimate of drug-likeness (QED) is 0.916. The van der Waals surface area contributed by atoms with E-state index in [4.69, 9.17) is 10.2 Å². The fourth-order valence-electron chi connectivity index (χ4n) is 2.07. The van der Waals surface area contributed by atoms with Crippen LogP contribution in [0.1, 0.15) is 17.4 Å². The number of rotatable bonds is 5. The van der Waals surface area contributed by atoms with Crippen LogP contribution < -0.4 is 5.73 Å². The highest BCUT2D eigenvalue weighted by Crippen LogP contribution is 2.25. The summed E-state index contributed by atoms with van der Waals surface area (Å²) in [6.45, 7) is 0.931. The molecule has 0 saturated carbocycles. The summed E-state index contributed by atoms with van der Waals surface area (Å²) in [7, 11) is 1.90. The molecule has 2 N–H and O–H groups in total. The minimum absolute atomic E-state index is 0.182. The Morgan fingerprint density at radius 3 is 2.79 bits per heavy atom. The van der Waals surface area contributed by atoms with Crippen molar-refractivity contribution < 1.29 is 8.81 Å². The second-order valence-electron chi connectivity index (χ2n) is 4.41. The molecule has 0 radical (unpaired) electrons. The van der Waals surface area contributed by atoms with Gasteiger partial charge in [0.25, 0.3) is 0 Å². The second kappa shape index (κ2) is 6.32. The first-order valence-electron chi connectivity index (χ1n) is 5.99. The molecule has 2 rings (SSSR count).